The first-order chi connectivity index (χ1) is 64.8. The van der Waals surface area contributed by atoms with Crippen molar-refractivity contribution >= 4 is 148 Å². The number of rotatable bonds is 12. The molecule has 26 aromatic rings. The predicted octanol–water partition coefficient (Wildman–Crippen LogP) is 32.5. The molecule has 0 N–H and O–H groups in total. The van der Waals surface area contributed by atoms with Crippen LogP contribution in [0.5, 0.6) is 0 Å². The number of aromatic nitrogens is 9. The van der Waals surface area contributed by atoms with E-state index in [1.807, 2.05) is 60.7 Å². The van der Waals surface area contributed by atoms with Gasteiger partial charge in [0.25, 0.3) is 0 Å². The zero-order chi connectivity index (χ0) is 86.7. The van der Waals surface area contributed by atoms with Crippen molar-refractivity contribution < 1.29 is 0 Å². The van der Waals surface area contributed by atoms with Gasteiger partial charge >= 0.3 is 0 Å². The largest absolute Gasteiger partial charge is 0.208 e. The van der Waals surface area contributed by atoms with Crippen LogP contribution in [-0.2, 0) is 0 Å². The monoisotopic (exact) mass is 1720 g/mol. The van der Waals surface area contributed by atoms with Crippen LogP contribution in [0.4, 0.5) is 0 Å². The van der Waals surface area contributed by atoms with Gasteiger partial charge in [0.1, 0.15) is 0 Å². The second-order valence-corrected chi connectivity index (χ2v) is 35.8. The third-order valence-corrected chi connectivity index (χ3v) is 28.2. The van der Waals surface area contributed by atoms with Crippen LogP contribution in [0.2, 0.25) is 0 Å². The summed E-state index contributed by atoms with van der Waals surface area (Å²) in [5.74, 6) is 6.04. The maximum atomic E-state index is 5.13. The number of benzene rings is 20. The Hall–Kier alpha value is -16.6. The summed E-state index contributed by atoms with van der Waals surface area (Å²) >= 11 is 5.36. The Labute approximate surface area is 766 Å². The number of fused-ring (bicyclic) bond motifs is 14. The summed E-state index contributed by atoms with van der Waals surface area (Å²) in [5, 5.41) is 19.4. The molecule has 12 heteroatoms. The second kappa shape index (κ2) is 33.6. The molecule has 0 amide bonds. The molecule has 0 spiro atoms. The summed E-state index contributed by atoms with van der Waals surface area (Å²) in [4.78, 5) is 45.5. The number of hydrogen-bond donors (Lipinski definition) is 0. The Balaban J connectivity index is 0.000000109. The Morgan fingerprint density at radius 2 is 0.359 bits per heavy atom. The van der Waals surface area contributed by atoms with Gasteiger partial charge in [-0.3, -0.25) is 0 Å². The maximum absolute atomic E-state index is 5.13. The molecule has 0 aliphatic rings. The van der Waals surface area contributed by atoms with Crippen molar-refractivity contribution in [2.75, 3.05) is 0 Å². The maximum Gasteiger partial charge on any atom is 0.165 e. The van der Waals surface area contributed by atoms with Gasteiger partial charge in [-0.15, -0.1) is 34.0 Å². The topological polar surface area (TPSA) is 116 Å². The SMILES string of the molecule is c1ccc(-c2ccc3ccc(-c4nc(-c5ccccc5)nc(-c5cccc6c5sc5ccccc56)n4)cc3c2)cc1.c1ccc(-c2nc(-c3ccc4ccc(-c5ccc6ccccc6c5)cc4c3)nc(-c3cccc4c3sc3ccccc34)n2)cc1.c1ccc(-c2nc(-c3ccc4ccc(-c5cccc6ccccc56)cc4c3)nc(-c3cccc4c3sc3ccccc34)n2)cc1. The highest BCUT2D eigenvalue weighted by atomic mass is 32.1. The van der Waals surface area contributed by atoms with E-state index in [-0.39, 0.29) is 0 Å². The molecule has 0 aliphatic carbocycles. The van der Waals surface area contributed by atoms with Gasteiger partial charge in [-0.05, 0) is 166 Å². The molecule has 0 fully saturated rings. The molecule has 9 nitrogen and oxygen atoms in total. The van der Waals surface area contributed by atoms with Crippen molar-refractivity contribution in [1.82, 2.24) is 44.9 Å². The van der Waals surface area contributed by atoms with Crippen LogP contribution >= 0.6 is 34.0 Å². The molecule has 0 radical (unpaired) electrons. The van der Waals surface area contributed by atoms with Crippen LogP contribution in [0.1, 0.15) is 0 Å². The fourth-order valence-corrected chi connectivity index (χ4v) is 21.6. The van der Waals surface area contributed by atoms with E-state index in [9.17, 15) is 0 Å². The van der Waals surface area contributed by atoms with E-state index < -0.39 is 0 Å². The Bertz CT molecular complexity index is 8930. The standard InChI is InChI=1S/2C41H25N3S.C37H23N3S/c1-2-11-28(12-3-1)39-42-40(44-41(43-39)36-18-9-17-35-34-15-6-7-19-37(34)45-38(35)36)30-23-21-26-20-22-29(24-31(26)25-30)33-16-8-13-27-10-4-5-14-32(27)33;1-2-10-28(11-3-1)39-42-40(44-41(43-39)36-15-8-14-35-34-13-6-7-16-37(34)45-38(35)36)32-22-19-27-18-21-31(24-33(27)25-32)30-20-17-26-9-4-5-12-29(26)23-30;1-3-10-24(11-4-1)27-20-18-25-19-21-28(23-29(25)22-27)36-38-35(26-12-5-2-6-13-26)39-37(40-36)32-16-9-15-31-30-14-7-8-17-33(30)41-34(31)32/h2*1-25H;1-23H. The number of thiophene rings is 3. The second-order valence-electron chi connectivity index (χ2n) is 32.6. The van der Waals surface area contributed by atoms with Crippen molar-refractivity contribution in [2.45, 2.75) is 0 Å². The lowest BCUT2D eigenvalue weighted by Gasteiger charge is -2.11. The van der Waals surface area contributed by atoms with Crippen LogP contribution in [0.3, 0.4) is 0 Å². The average Bonchev–Trinajstić information content (AvgIpc) is 1.64. The van der Waals surface area contributed by atoms with E-state index in [2.05, 4.69) is 382 Å². The van der Waals surface area contributed by atoms with E-state index in [4.69, 9.17) is 44.9 Å². The molecule has 0 saturated carbocycles. The van der Waals surface area contributed by atoms with E-state index in [0.717, 1.165) is 66.2 Å². The van der Waals surface area contributed by atoms with E-state index in [1.54, 1.807) is 34.0 Å². The molecule has 6 aromatic heterocycles. The lowest BCUT2D eigenvalue weighted by Crippen LogP contribution is -2.00. The normalized spacial score (nSPS) is 11.5. The minimum absolute atomic E-state index is 0.662. The Morgan fingerprint density at radius 1 is 0.122 bits per heavy atom. The average molecular weight is 1730 g/mol. The van der Waals surface area contributed by atoms with Crippen molar-refractivity contribution in [3.05, 3.63) is 443 Å². The molecule has 131 heavy (non-hydrogen) atoms. The van der Waals surface area contributed by atoms with Gasteiger partial charge in [0.15, 0.2) is 52.4 Å². The third-order valence-electron chi connectivity index (χ3n) is 24.5. The molecular formula is C119H73N9S3. The first-order valence-corrected chi connectivity index (χ1v) is 46.1. The molecule has 0 aliphatic heterocycles. The van der Waals surface area contributed by atoms with Gasteiger partial charge in [0, 0.05) is 111 Å². The highest BCUT2D eigenvalue weighted by molar-refractivity contribution is 7.27. The first kappa shape index (κ1) is 77.9. The summed E-state index contributed by atoms with van der Waals surface area (Å²) in [6, 6.07) is 155. The molecule has 6 heterocycles. The number of nitrogens with zero attached hydrogens (tertiary/aromatic N) is 9. The molecule has 0 bridgehead atoms. The van der Waals surface area contributed by atoms with Gasteiger partial charge in [0.05, 0.1) is 0 Å². The van der Waals surface area contributed by atoms with Crippen molar-refractivity contribution in [3.8, 4) is 136 Å². The van der Waals surface area contributed by atoms with Crippen molar-refractivity contribution in [3.63, 3.8) is 0 Å². The molecule has 0 atom stereocenters. The summed E-state index contributed by atoms with van der Waals surface area (Å²) in [5.41, 5.74) is 16.0. The zero-order valence-electron chi connectivity index (χ0n) is 70.4. The molecule has 0 unspecified atom stereocenters. The summed E-state index contributed by atoms with van der Waals surface area (Å²) in [7, 11) is 0. The first-order valence-electron chi connectivity index (χ1n) is 43.7. The zero-order valence-corrected chi connectivity index (χ0v) is 72.8. The van der Waals surface area contributed by atoms with Crippen LogP contribution in [0.15, 0.2) is 443 Å². The highest BCUT2D eigenvalue weighted by Gasteiger charge is 2.23. The highest BCUT2D eigenvalue weighted by Crippen LogP contribution is 2.45. The van der Waals surface area contributed by atoms with Crippen LogP contribution in [0.25, 0.3) is 250 Å². The third kappa shape index (κ3) is 15.1. The van der Waals surface area contributed by atoms with Gasteiger partial charge in [-0.2, -0.15) is 0 Å². The van der Waals surface area contributed by atoms with Gasteiger partial charge in [0.2, 0.25) is 0 Å². The molecule has 0 saturated heterocycles. The minimum atomic E-state index is 0.662. The Morgan fingerprint density at radius 3 is 0.748 bits per heavy atom. The van der Waals surface area contributed by atoms with Crippen molar-refractivity contribution in [1.29, 1.82) is 0 Å². The fraction of sp³-hybridized carbons (Fsp3) is 0. The summed E-state index contributed by atoms with van der Waals surface area (Å²) < 4.78 is 7.34. The van der Waals surface area contributed by atoms with Gasteiger partial charge in [-0.1, -0.05) is 364 Å². The van der Waals surface area contributed by atoms with E-state index >= 15 is 0 Å². The fourth-order valence-electron chi connectivity index (χ4n) is 18.0. The van der Waals surface area contributed by atoms with E-state index in [1.165, 1.54) is 132 Å². The lowest BCUT2D eigenvalue weighted by atomic mass is 9.95. The van der Waals surface area contributed by atoms with Gasteiger partial charge < -0.3 is 0 Å². The quantitative estimate of drug-likeness (QED) is 0.118. The van der Waals surface area contributed by atoms with Crippen LogP contribution < -0.4 is 0 Å². The van der Waals surface area contributed by atoms with Crippen LogP contribution in [-0.4, -0.2) is 44.9 Å². The van der Waals surface area contributed by atoms with Gasteiger partial charge in [-0.25, -0.2) is 44.9 Å². The number of hydrogen-bond acceptors (Lipinski definition) is 12. The smallest absolute Gasteiger partial charge is 0.165 e. The van der Waals surface area contributed by atoms with E-state index in [0.29, 0.717) is 52.4 Å². The Kier molecular flexibility index (Phi) is 20.0. The predicted molar refractivity (Wildman–Crippen MR) is 551 cm³/mol. The van der Waals surface area contributed by atoms with Crippen molar-refractivity contribution in [2.24, 2.45) is 0 Å². The molecule has 612 valence electrons. The summed E-state index contributed by atoms with van der Waals surface area (Å²) in [6.07, 6.45) is 0. The molecule has 26 rings (SSSR count). The molecule has 20 aromatic carbocycles. The lowest BCUT2D eigenvalue weighted by molar-refractivity contribution is 1.08. The van der Waals surface area contributed by atoms with Crippen LogP contribution in [0, 0.1) is 0 Å². The summed E-state index contributed by atoms with van der Waals surface area (Å²) in [6.45, 7) is 0. The minimum Gasteiger partial charge on any atom is -0.208 e. The molecular weight excluding hydrogens is 1650 g/mol.